The summed E-state index contributed by atoms with van der Waals surface area (Å²) in [6.45, 7) is 13.3. The van der Waals surface area contributed by atoms with Crippen molar-refractivity contribution in [3.63, 3.8) is 0 Å². The van der Waals surface area contributed by atoms with Gasteiger partial charge in [-0.15, -0.1) is 0 Å². The van der Waals surface area contributed by atoms with Gasteiger partial charge in [0, 0.05) is 12.8 Å². The van der Waals surface area contributed by atoms with Crippen LogP contribution in [0.2, 0.25) is 0 Å². The Morgan fingerprint density at radius 3 is 1.87 bits per heavy atom. The first kappa shape index (κ1) is 12.2. The summed E-state index contributed by atoms with van der Waals surface area (Å²) in [5.74, 6) is 1.60. The van der Waals surface area contributed by atoms with Crippen molar-refractivity contribution in [3.05, 3.63) is 29.1 Å². The predicted octanol–water partition coefficient (Wildman–Crippen LogP) is 4.70. The normalized spacial score (nSPS) is 11.8. The van der Waals surface area contributed by atoms with Gasteiger partial charge in [-0.25, -0.2) is 0 Å². The zero-order valence-electron chi connectivity index (χ0n) is 10.8. The summed E-state index contributed by atoms with van der Waals surface area (Å²) in [5.41, 5.74) is 3.88. The van der Waals surface area contributed by atoms with E-state index in [0.717, 1.165) is 0 Å². The molecule has 0 saturated carbocycles. The van der Waals surface area contributed by atoms with Crippen LogP contribution in [-0.2, 0) is 0 Å². The zero-order chi connectivity index (χ0) is 11.6. The molecule has 0 saturated heterocycles. The van der Waals surface area contributed by atoms with Gasteiger partial charge in [0.1, 0.15) is 0 Å². The molecular weight excluding hydrogens is 182 g/mol. The Morgan fingerprint density at radius 1 is 0.867 bits per heavy atom. The standard InChI is InChI=1S/C14H23N.H2/c1-9(2)12-7-8-13(10(3)4)15-14(12)11(5)6;/h7-11H,1-6H3;1H/i;1+2. The molecule has 1 aromatic heterocycles. The average molecular weight is 209 g/mol. The number of rotatable bonds is 3. The third-order valence-corrected chi connectivity index (χ3v) is 2.74. The molecule has 86 valence electrons. The summed E-state index contributed by atoms with van der Waals surface area (Å²) < 4.78 is 0. The first-order chi connectivity index (χ1) is 6.93. The molecule has 1 heterocycles. The fraction of sp³-hybridized carbons (Fsp3) is 0.643. The van der Waals surface area contributed by atoms with Crippen molar-refractivity contribution in [2.45, 2.75) is 59.3 Å². The van der Waals surface area contributed by atoms with Gasteiger partial charge in [-0.1, -0.05) is 47.6 Å². The van der Waals surface area contributed by atoms with E-state index in [-0.39, 0.29) is 1.43 Å². The molecule has 0 aliphatic rings. The Bertz CT molecular complexity index is 330. The third-order valence-electron chi connectivity index (χ3n) is 2.74. The van der Waals surface area contributed by atoms with E-state index in [1.165, 1.54) is 17.0 Å². The third kappa shape index (κ3) is 2.80. The van der Waals surface area contributed by atoms with Gasteiger partial charge in [0.15, 0.2) is 0 Å². The lowest BCUT2D eigenvalue weighted by atomic mass is 9.94. The van der Waals surface area contributed by atoms with Crippen LogP contribution in [0.5, 0.6) is 0 Å². The molecule has 0 aromatic carbocycles. The molecule has 0 N–H and O–H groups in total. The molecular formula is C14H25N. The highest BCUT2D eigenvalue weighted by Gasteiger charge is 2.13. The van der Waals surface area contributed by atoms with Crippen LogP contribution in [0.15, 0.2) is 12.1 Å². The lowest BCUT2D eigenvalue weighted by Gasteiger charge is -2.17. The van der Waals surface area contributed by atoms with Gasteiger partial charge in [0.25, 0.3) is 0 Å². The molecule has 1 nitrogen and oxygen atoms in total. The minimum Gasteiger partial charge on any atom is -0.257 e. The molecule has 0 bridgehead atoms. The van der Waals surface area contributed by atoms with E-state index in [1.807, 2.05) is 0 Å². The Hall–Kier alpha value is -0.850. The van der Waals surface area contributed by atoms with Crippen LogP contribution in [0.4, 0.5) is 0 Å². The molecule has 1 aromatic rings. The first-order valence-electron chi connectivity index (χ1n) is 5.94. The number of nitrogens with zero attached hydrogens (tertiary/aromatic N) is 1. The topological polar surface area (TPSA) is 12.9 Å². The fourth-order valence-corrected chi connectivity index (χ4v) is 1.77. The smallest absolute Gasteiger partial charge is 0.0466 e. The van der Waals surface area contributed by atoms with Gasteiger partial charge in [0.2, 0.25) is 0 Å². The minimum absolute atomic E-state index is 0. The van der Waals surface area contributed by atoms with Crippen LogP contribution < -0.4 is 0 Å². The molecule has 0 fully saturated rings. The first-order valence-corrected chi connectivity index (χ1v) is 5.94. The van der Waals surface area contributed by atoms with Crippen molar-refractivity contribution in [2.24, 2.45) is 0 Å². The summed E-state index contributed by atoms with van der Waals surface area (Å²) in [4.78, 5) is 4.79. The summed E-state index contributed by atoms with van der Waals surface area (Å²) in [6, 6.07) is 4.42. The zero-order valence-corrected chi connectivity index (χ0v) is 10.8. The number of hydrogen-bond donors (Lipinski definition) is 0. The molecule has 0 unspecified atom stereocenters. The molecule has 1 rings (SSSR count). The van der Waals surface area contributed by atoms with Gasteiger partial charge in [-0.3, -0.25) is 4.98 Å². The van der Waals surface area contributed by atoms with Crippen LogP contribution in [0.25, 0.3) is 0 Å². The summed E-state index contributed by atoms with van der Waals surface area (Å²) in [7, 11) is 0. The van der Waals surface area contributed by atoms with Gasteiger partial charge in [0.05, 0.1) is 0 Å². The molecule has 0 radical (unpaired) electrons. The van der Waals surface area contributed by atoms with Gasteiger partial charge in [-0.05, 0) is 29.4 Å². The van der Waals surface area contributed by atoms with E-state index in [0.29, 0.717) is 17.8 Å². The summed E-state index contributed by atoms with van der Waals surface area (Å²) in [6.07, 6.45) is 0. The van der Waals surface area contributed by atoms with Crippen LogP contribution in [0, 0.1) is 0 Å². The van der Waals surface area contributed by atoms with E-state index in [1.54, 1.807) is 0 Å². The fourth-order valence-electron chi connectivity index (χ4n) is 1.77. The number of aromatic nitrogens is 1. The monoisotopic (exact) mass is 209 g/mol. The Labute approximate surface area is 95.4 Å². The van der Waals surface area contributed by atoms with E-state index >= 15 is 0 Å². The largest absolute Gasteiger partial charge is 0.257 e. The van der Waals surface area contributed by atoms with Gasteiger partial charge >= 0.3 is 0 Å². The van der Waals surface area contributed by atoms with Crippen molar-refractivity contribution >= 4 is 0 Å². The number of pyridine rings is 1. The van der Waals surface area contributed by atoms with Crippen LogP contribution >= 0.6 is 0 Å². The molecule has 15 heavy (non-hydrogen) atoms. The minimum atomic E-state index is 0. The van der Waals surface area contributed by atoms with Crippen LogP contribution in [-0.4, -0.2) is 4.98 Å². The predicted molar refractivity (Wildman–Crippen MR) is 68.6 cm³/mol. The van der Waals surface area contributed by atoms with Crippen molar-refractivity contribution < 1.29 is 1.43 Å². The van der Waals surface area contributed by atoms with E-state index in [9.17, 15) is 0 Å². The maximum Gasteiger partial charge on any atom is 0.0466 e. The van der Waals surface area contributed by atoms with Crippen molar-refractivity contribution in [1.29, 1.82) is 0 Å². The molecule has 0 aliphatic carbocycles. The second-order valence-corrected chi connectivity index (χ2v) is 5.17. The SMILES string of the molecule is CC(C)c1ccc(C(C)C)c(C(C)C)n1.[3HH]. The summed E-state index contributed by atoms with van der Waals surface area (Å²) in [5, 5.41) is 0. The van der Waals surface area contributed by atoms with Gasteiger partial charge < -0.3 is 0 Å². The lowest BCUT2D eigenvalue weighted by Crippen LogP contribution is -2.05. The van der Waals surface area contributed by atoms with Crippen molar-refractivity contribution in [1.82, 2.24) is 4.98 Å². The van der Waals surface area contributed by atoms with Gasteiger partial charge in [-0.2, -0.15) is 0 Å². The summed E-state index contributed by atoms with van der Waals surface area (Å²) >= 11 is 0. The van der Waals surface area contributed by atoms with Crippen LogP contribution in [0.3, 0.4) is 0 Å². The highest BCUT2D eigenvalue weighted by Crippen LogP contribution is 2.26. The van der Waals surface area contributed by atoms with E-state index < -0.39 is 0 Å². The maximum absolute atomic E-state index is 4.79. The Balaban J connectivity index is 0.00000225. The lowest BCUT2D eigenvalue weighted by molar-refractivity contribution is 0.725. The van der Waals surface area contributed by atoms with E-state index in [4.69, 9.17) is 4.98 Å². The molecule has 0 amide bonds. The molecule has 1 heteroatoms. The van der Waals surface area contributed by atoms with Crippen LogP contribution in [0.1, 0.15) is 77.7 Å². The maximum atomic E-state index is 4.79. The van der Waals surface area contributed by atoms with Crippen molar-refractivity contribution in [2.75, 3.05) is 0 Å². The number of hydrogen-bond acceptors (Lipinski definition) is 1. The average Bonchev–Trinajstić information content (AvgIpc) is 2.16. The second-order valence-electron chi connectivity index (χ2n) is 5.17. The Kier molecular flexibility index (Phi) is 3.90. The molecule has 0 atom stereocenters. The highest BCUT2D eigenvalue weighted by atomic mass is 14.7. The second kappa shape index (κ2) is 4.78. The highest BCUT2D eigenvalue weighted by molar-refractivity contribution is 5.29. The quantitative estimate of drug-likeness (QED) is 0.703. The molecule has 0 spiro atoms. The van der Waals surface area contributed by atoms with E-state index in [2.05, 4.69) is 53.7 Å². The molecule has 0 aliphatic heterocycles. The Morgan fingerprint density at radius 2 is 1.47 bits per heavy atom. The van der Waals surface area contributed by atoms with Crippen molar-refractivity contribution in [3.8, 4) is 0 Å².